The van der Waals surface area contributed by atoms with Gasteiger partial charge in [-0.25, -0.2) is 9.59 Å². The number of hydrogen-bond donors (Lipinski definition) is 2. The summed E-state index contributed by atoms with van der Waals surface area (Å²) in [6.07, 6.45) is -10.6. The molecule has 0 bridgehead atoms. The van der Waals surface area contributed by atoms with Gasteiger partial charge in [-0.3, -0.25) is 9.59 Å². The molecule has 0 unspecified atom stereocenters. The average molecular weight is 428 g/mol. The molecule has 2 amide bonds. The summed E-state index contributed by atoms with van der Waals surface area (Å²) in [7, 11) is 1.67. The summed E-state index contributed by atoms with van der Waals surface area (Å²) in [4.78, 5) is 44.6. The third-order valence-electron chi connectivity index (χ3n) is 2.67. The molecule has 0 heterocycles. The van der Waals surface area contributed by atoms with E-state index >= 15 is 0 Å². The Balaban J connectivity index is 4.96. The summed E-state index contributed by atoms with van der Waals surface area (Å²) in [5.41, 5.74) is 0. The normalized spacial score (nSPS) is 13.9. The molecule has 0 rings (SSSR count). The minimum Gasteiger partial charge on any atom is -0.467 e. The van der Waals surface area contributed by atoms with Crippen LogP contribution in [0.3, 0.4) is 0 Å². The Hall–Kier alpha value is -2.19. The highest BCUT2D eigenvalue weighted by Crippen LogP contribution is 2.17. The van der Waals surface area contributed by atoms with Crippen LogP contribution in [0, 0.1) is 0 Å². The monoisotopic (exact) mass is 428 g/mol. The van der Waals surface area contributed by atoms with E-state index in [-0.39, 0.29) is 0 Å². The summed E-state index contributed by atoms with van der Waals surface area (Å²) in [6, 6.07) is -3.60. The van der Waals surface area contributed by atoms with Crippen LogP contribution in [0.5, 0.6) is 0 Å². The van der Waals surface area contributed by atoms with Crippen LogP contribution in [0.15, 0.2) is 0 Å². The standard InChI is InChI=1S/C12H14F6N2O6S/c1-25-7(21)5(19-9(23)11(13,14)15)3-27-4-6(8(22)26-2)20-10(24)12(16,17)18/h5-6H,3-4H2,1-2H3,(H,19,23)(H,20,24)/t5-,6-/m0/s1. The highest BCUT2D eigenvalue weighted by molar-refractivity contribution is 7.99. The van der Waals surface area contributed by atoms with Gasteiger partial charge in [0.2, 0.25) is 0 Å². The molecule has 0 aliphatic carbocycles. The van der Waals surface area contributed by atoms with Crippen molar-refractivity contribution < 1.29 is 55.0 Å². The summed E-state index contributed by atoms with van der Waals surface area (Å²) >= 11 is 0.496. The molecule has 2 N–H and O–H groups in total. The van der Waals surface area contributed by atoms with Crippen molar-refractivity contribution in [3.05, 3.63) is 0 Å². The molecule has 0 aliphatic rings. The number of amides is 2. The van der Waals surface area contributed by atoms with Crippen LogP contribution in [0.25, 0.3) is 0 Å². The van der Waals surface area contributed by atoms with Gasteiger partial charge in [0.15, 0.2) is 0 Å². The lowest BCUT2D eigenvalue weighted by Crippen LogP contribution is -2.50. The molecule has 0 spiro atoms. The fraction of sp³-hybridized carbons (Fsp3) is 0.667. The number of nitrogens with one attached hydrogen (secondary N) is 2. The van der Waals surface area contributed by atoms with Gasteiger partial charge in [-0.15, -0.1) is 0 Å². The lowest BCUT2D eigenvalue weighted by molar-refractivity contribution is -0.175. The minimum absolute atomic E-state index is 0.496. The van der Waals surface area contributed by atoms with Crippen molar-refractivity contribution in [1.29, 1.82) is 0 Å². The van der Waals surface area contributed by atoms with Crippen molar-refractivity contribution in [3.63, 3.8) is 0 Å². The molecule has 2 atom stereocenters. The molecule has 0 aromatic heterocycles. The fourth-order valence-electron chi connectivity index (χ4n) is 1.41. The first-order chi connectivity index (χ1) is 12.2. The van der Waals surface area contributed by atoms with Gasteiger partial charge in [-0.1, -0.05) is 0 Å². The van der Waals surface area contributed by atoms with Crippen LogP contribution in [0.2, 0.25) is 0 Å². The van der Waals surface area contributed by atoms with E-state index in [1.165, 1.54) is 10.6 Å². The highest BCUT2D eigenvalue weighted by atomic mass is 32.2. The quantitative estimate of drug-likeness (QED) is 0.419. The second kappa shape index (κ2) is 10.2. The molecule has 15 heteroatoms. The van der Waals surface area contributed by atoms with Crippen LogP contribution >= 0.6 is 11.8 Å². The third-order valence-corrected chi connectivity index (χ3v) is 3.80. The number of halogens is 6. The van der Waals surface area contributed by atoms with E-state index in [4.69, 9.17) is 0 Å². The smallest absolute Gasteiger partial charge is 0.467 e. The SMILES string of the molecule is COC(=O)[C@H](CSC[C@H](NC(=O)C(F)(F)F)C(=O)OC)NC(=O)C(F)(F)F. The Morgan fingerprint density at radius 3 is 1.30 bits per heavy atom. The summed E-state index contributed by atoms with van der Waals surface area (Å²) < 4.78 is 81.9. The number of hydrogen-bond acceptors (Lipinski definition) is 7. The van der Waals surface area contributed by atoms with E-state index < -0.39 is 59.7 Å². The number of carbonyl (C=O) groups excluding carboxylic acids is 4. The Morgan fingerprint density at radius 1 is 0.778 bits per heavy atom. The van der Waals surface area contributed by atoms with Gasteiger partial charge in [0.1, 0.15) is 12.1 Å². The zero-order chi connectivity index (χ0) is 21.4. The Bertz CT molecular complexity index is 520. The molecule has 27 heavy (non-hydrogen) atoms. The number of alkyl halides is 6. The van der Waals surface area contributed by atoms with Gasteiger partial charge in [0.05, 0.1) is 14.2 Å². The lowest BCUT2D eigenvalue weighted by atomic mass is 10.3. The molecule has 0 saturated carbocycles. The lowest BCUT2D eigenvalue weighted by Gasteiger charge is -2.20. The van der Waals surface area contributed by atoms with Crippen molar-refractivity contribution in [3.8, 4) is 0 Å². The van der Waals surface area contributed by atoms with Gasteiger partial charge < -0.3 is 20.1 Å². The van der Waals surface area contributed by atoms with Gasteiger partial charge in [0, 0.05) is 11.5 Å². The maximum Gasteiger partial charge on any atom is 0.471 e. The number of methoxy groups -OCH3 is 2. The third kappa shape index (κ3) is 8.83. The van der Waals surface area contributed by atoms with E-state index in [1.54, 1.807) is 0 Å². The van der Waals surface area contributed by atoms with Crippen molar-refractivity contribution in [1.82, 2.24) is 10.6 Å². The molecular weight excluding hydrogens is 414 g/mol. The van der Waals surface area contributed by atoms with Crippen molar-refractivity contribution in [2.75, 3.05) is 25.7 Å². The maximum atomic E-state index is 12.2. The largest absolute Gasteiger partial charge is 0.471 e. The molecule has 0 aliphatic heterocycles. The van der Waals surface area contributed by atoms with E-state index in [9.17, 15) is 45.5 Å². The second-order valence-electron chi connectivity index (χ2n) is 4.63. The van der Waals surface area contributed by atoms with E-state index in [2.05, 4.69) is 9.47 Å². The highest BCUT2D eigenvalue weighted by Gasteiger charge is 2.42. The number of rotatable bonds is 8. The van der Waals surface area contributed by atoms with Crippen LogP contribution in [-0.4, -0.2) is 73.9 Å². The molecular formula is C12H14F6N2O6S. The first-order valence-corrected chi connectivity index (χ1v) is 7.88. The van der Waals surface area contributed by atoms with Gasteiger partial charge in [-0.2, -0.15) is 38.1 Å². The maximum absolute atomic E-state index is 12.2. The zero-order valence-electron chi connectivity index (χ0n) is 13.7. The van der Waals surface area contributed by atoms with Crippen LogP contribution in [0.1, 0.15) is 0 Å². The molecule has 156 valence electrons. The predicted octanol–water partition coefficient (Wildman–Crippen LogP) is 0.160. The van der Waals surface area contributed by atoms with Gasteiger partial charge >= 0.3 is 36.1 Å². The second-order valence-corrected chi connectivity index (χ2v) is 5.71. The molecule has 0 fully saturated rings. The number of ether oxygens (including phenoxy) is 2. The summed E-state index contributed by atoms with van der Waals surface area (Å²) in [6.45, 7) is 0. The van der Waals surface area contributed by atoms with Crippen molar-refractivity contribution in [2.45, 2.75) is 24.4 Å². The zero-order valence-corrected chi connectivity index (χ0v) is 14.5. The topological polar surface area (TPSA) is 111 Å². The first kappa shape index (κ1) is 24.8. The van der Waals surface area contributed by atoms with Crippen LogP contribution in [0.4, 0.5) is 26.3 Å². The molecule has 0 aromatic carbocycles. The number of esters is 2. The summed E-state index contributed by atoms with van der Waals surface area (Å²) in [5.74, 6) is -8.57. The first-order valence-electron chi connectivity index (χ1n) is 6.72. The van der Waals surface area contributed by atoms with Crippen LogP contribution < -0.4 is 10.6 Å². The average Bonchev–Trinajstić information content (AvgIpc) is 2.56. The van der Waals surface area contributed by atoms with E-state index in [0.717, 1.165) is 14.2 Å². The van der Waals surface area contributed by atoms with Gasteiger partial charge in [0.25, 0.3) is 0 Å². The fourth-order valence-corrected chi connectivity index (χ4v) is 2.45. The number of thioether (sulfide) groups is 1. The van der Waals surface area contributed by atoms with E-state index in [1.807, 2.05) is 0 Å². The van der Waals surface area contributed by atoms with Crippen LogP contribution in [-0.2, 0) is 28.7 Å². The molecule has 0 aromatic rings. The molecule has 0 radical (unpaired) electrons. The van der Waals surface area contributed by atoms with E-state index in [0.29, 0.717) is 11.8 Å². The Labute approximate surface area is 152 Å². The minimum atomic E-state index is -5.29. The predicted molar refractivity (Wildman–Crippen MR) is 77.3 cm³/mol. The summed E-state index contributed by atoms with van der Waals surface area (Å²) in [5, 5.41) is 2.69. The number of carbonyl (C=O) groups is 4. The molecule has 0 saturated heterocycles. The van der Waals surface area contributed by atoms with Gasteiger partial charge in [-0.05, 0) is 0 Å². The molecule has 8 nitrogen and oxygen atoms in total. The Morgan fingerprint density at radius 2 is 1.07 bits per heavy atom. The van der Waals surface area contributed by atoms with Crippen molar-refractivity contribution in [2.24, 2.45) is 0 Å². The van der Waals surface area contributed by atoms with Crippen molar-refractivity contribution >= 4 is 35.5 Å². The Kier molecular flexibility index (Phi) is 9.39.